The summed E-state index contributed by atoms with van der Waals surface area (Å²) in [5.74, 6) is 0. The maximum absolute atomic E-state index is 4.56. The third-order valence-corrected chi connectivity index (χ3v) is 0.490. The molecule has 1 aliphatic rings. The Morgan fingerprint density at radius 2 is 2.60 bits per heavy atom. The molecule has 1 heterocycles. The van der Waals surface area contributed by atoms with Gasteiger partial charge in [0, 0.05) is 7.11 Å². The number of hydrogen-bond acceptors (Lipinski definition) is 2. The van der Waals surface area contributed by atoms with Gasteiger partial charge >= 0.3 is 0 Å². The minimum Gasteiger partial charge on any atom is -0.347 e. The highest BCUT2D eigenvalue weighted by Gasteiger charge is 2.23. The van der Waals surface area contributed by atoms with E-state index in [4.69, 9.17) is 0 Å². The number of methoxy groups -OCH3 is 1. The molecule has 0 aromatic rings. The standard InChI is InChI=1S/C3H5O2/c1-4-3-2-5-3/h2H2,1H3. The average molecular weight is 73.1 g/mol. The largest absolute Gasteiger partial charge is 0.347 e. The Kier molecular flexibility index (Phi) is 0.596. The summed E-state index contributed by atoms with van der Waals surface area (Å²) in [4.78, 5) is 0. The third-order valence-electron chi connectivity index (χ3n) is 0.490. The summed E-state index contributed by atoms with van der Waals surface area (Å²) in [6.45, 7) is 0.705. The third kappa shape index (κ3) is 0.597. The zero-order valence-corrected chi connectivity index (χ0v) is 3.02. The van der Waals surface area contributed by atoms with E-state index < -0.39 is 0 Å². The van der Waals surface area contributed by atoms with Gasteiger partial charge in [-0.3, -0.25) is 0 Å². The molecule has 1 radical (unpaired) electrons. The summed E-state index contributed by atoms with van der Waals surface area (Å²) in [6, 6.07) is 0. The summed E-state index contributed by atoms with van der Waals surface area (Å²) in [6.07, 6.45) is 0.755. The monoisotopic (exact) mass is 73.0 g/mol. The van der Waals surface area contributed by atoms with Crippen molar-refractivity contribution >= 4 is 0 Å². The minimum absolute atomic E-state index is 0.705. The fourth-order valence-electron chi connectivity index (χ4n) is 0.147. The second-order valence-electron chi connectivity index (χ2n) is 0.865. The predicted molar refractivity (Wildman–Crippen MR) is 16.2 cm³/mol. The van der Waals surface area contributed by atoms with Crippen LogP contribution in [0.2, 0.25) is 0 Å². The van der Waals surface area contributed by atoms with E-state index >= 15 is 0 Å². The van der Waals surface area contributed by atoms with Crippen molar-refractivity contribution in [2.75, 3.05) is 13.7 Å². The first kappa shape index (κ1) is 3.12. The zero-order chi connectivity index (χ0) is 3.70. The lowest BCUT2D eigenvalue weighted by Crippen LogP contribution is -1.71. The molecule has 0 unspecified atom stereocenters. The first-order chi connectivity index (χ1) is 2.43. The van der Waals surface area contributed by atoms with Gasteiger partial charge < -0.3 is 9.47 Å². The molecule has 2 nitrogen and oxygen atoms in total. The highest BCUT2D eigenvalue weighted by Crippen LogP contribution is 2.17. The summed E-state index contributed by atoms with van der Waals surface area (Å²) in [5.41, 5.74) is 0. The Morgan fingerprint density at radius 1 is 2.00 bits per heavy atom. The molecule has 1 rings (SSSR count). The van der Waals surface area contributed by atoms with Gasteiger partial charge in [-0.05, 0) is 0 Å². The van der Waals surface area contributed by atoms with Crippen LogP contribution in [0.15, 0.2) is 0 Å². The molecule has 1 saturated heterocycles. The summed E-state index contributed by atoms with van der Waals surface area (Å²) < 4.78 is 9.11. The quantitative estimate of drug-likeness (QED) is 0.412. The van der Waals surface area contributed by atoms with Crippen LogP contribution in [0, 0.1) is 6.29 Å². The Labute approximate surface area is 30.7 Å². The molecule has 0 atom stereocenters. The molecule has 0 bridgehead atoms. The lowest BCUT2D eigenvalue weighted by atomic mass is 10.9. The first-order valence-electron chi connectivity index (χ1n) is 1.46. The number of ether oxygens (including phenoxy) is 2. The van der Waals surface area contributed by atoms with E-state index in [9.17, 15) is 0 Å². The van der Waals surface area contributed by atoms with E-state index in [1.54, 1.807) is 7.11 Å². The second kappa shape index (κ2) is 0.954. The average Bonchev–Trinajstić information content (AvgIpc) is 2.12. The Bertz CT molecular complexity index is 31.9. The molecule has 0 amide bonds. The van der Waals surface area contributed by atoms with Crippen LogP contribution in [-0.4, -0.2) is 13.7 Å². The molecule has 29 valence electrons. The maximum Gasteiger partial charge on any atom is 0.250 e. The molecule has 0 saturated carbocycles. The predicted octanol–water partition coefficient (Wildman–Crippen LogP) is 0.152. The van der Waals surface area contributed by atoms with Crippen LogP contribution in [0.3, 0.4) is 0 Å². The molecule has 0 N–H and O–H groups in total. The summed E-state index contributed by atoms with van der Waals surface area (Å²) in [5, 5.41) is 0. The van der Waals surface area contributed by atoms with Crippen molar-refractivity contribution in [2.45, 2.75) is 0 Å². The van der Waals surface area contributed by atoms with Crippen molar-refractivity contribution < 1.29 is 9.47 Å². The molecule has 1 fully saturated rings. The molecule has 0 aromatic heterocycles. The second-order valence-corrected chi connectivity index (χ2v) is 0.865. The summed E-state index contributed by atoms with van der Waals surface area (Å²) in [7, 11) is 1.60. The highest BCUT2D eigenvalue weighted by atomic mass is 16.8. The zero-order valence-electron chi connectivity index (χ0n) is 3.02. The van der Waals surface area contributed by atoms with Crippen LogP contribution in [-0.2, 0) is 9.47 Å². The normalized spacial score (nSPS) is 23.4. The van der Waals surface area contributed by atoms with E-state index in [0.29, 0.717) is 6.61 Å². The van der Waals surface area contributed by atoms with Crippen molar-refractivity contribution in [3.05, 3.63) is 6.29 Å². The van der Waals surface area contributed by atoms with Gasteiger partial charge in [-0.1, -0.05) is 0 Å². The molecular weight excluding hydrogens is 68.0 g/mol. The Hall–Kier alpha value is -0.0800. The van der Waals surface area contributed by atoms with E-state index in [-0.39, 0.29) is 0 Å². The van der Waals surface area contributed by atoms with Crippen LogP contribution in [0.1, 0.15) is 0 Å². The SMILES string of the molecule is CO[C]1CO1. The van der Waals surface area contributed by atoms with Crippen molar-refractivity contribution in [3.63, 3.8) is 0 Å². The molecule has 1 aliphatic heterocycles. The van der Waals surface area contributed by atoms with Crippen LogP contribution >= 0.6 is 0 Å². The topological polar surface area (TPSA) is 21.8 Å². The molecule has 2 heteroatoms. The first-order valence-corrected chi connectivity index (χ1v) is 1.46. The smallest absolute Gasteiger partial charge is 0.250 e. The van der Waals surface area contributed by atoms with Gasteiger partial charge in [0.25, 0.3) is 6.29 Å². The van der Waals surface area contributed by atoms with Crippen molar-refractivity contribution in [2.24, 2.45) is 0 Å². The van der Waals surface area contributed by atoms with Crippen LogP contribution in [0.4, 0.5) is 0 Å². The Morgan fingerprint density at radius 3 is 2.60 bits per heavy atom. The van der Waals surface area contributed by atoms with Crippen LogP contribution in [0.25, 0.3) is 0 Å². The molecular formula is C3H5O2. The lowest BCUT2D eigenvalue weighted by Gasteiger charge is -1.74. The van der Waals surface area contributed by atoms with E-state index in [1.807, 2.05) is 0 Å². The molecule has 0 spiro atoms. The van der Waals surface area contributed by atoms with Crippen LogP contribution in [0.5, 0.6) is 0 Å². The molecule has 0 aliphatic carbocycles. The van der Waals surface area contributed by atoms with Crippen molar-refractivity contribution in [1.29, 1.82) is 0 Å². The summed E-state index contributed by atoms with van der Waals surface area (Å²) >= 11 is 0. The maximum atomic E-state index is 4.56. The van der Waals surface area contributed by atoms with E-state index in [1.165, 1.54) is 0 Å². The van der Waals surface area contributed by atoms with Crippen molar-refractivity contribution in [1.82, 2.24) is 0 Å². The number of rotatable bonds is 1. The van der Waals surface area contributed by atoms with Crippen molar-refractivity contribution in [3.8, 4) is 0 Å². The van der Waals surface area contributed by atoms with E-state index in [0.717, 1.165) is 6.29 Å². The Balaban J connectivity index is 2.00. The van der Waals surface area contributed by atoms with E-state index in [2.05, 4.69) is 9.47 Å². The van der Waals surface area contributed by atoms with Gasteiger partial charge in [0.1, 0.15) is 6.61 Å². The van der Waals surface area contributed by atoms with Crippen LogP contribution < -0.4 is 0 Å². The van der Waals surface area contributed by atoms with Gasteiger partial charge in [-0.2, -0.15) is 0 Å². The fraction of sp³-hybridized carbons (Fsp3) is 0.667. The molecule has 5 heavy (non-hydrogen) atoms. The fourth-order valence-corrected chi connectivity index (χ4v) is 0.147. The highest BCUT2D eigenvalue weighted by molar-refractivity contribution is 4.76. The molecule has 0 aromatic carbocycles. The number of epoxide rings is 1. The van der Waals surface area contributed by atoms with Gasteiger partial charge in [0.15, 0.2) is 0 Å². The number of hydrogen-bond donors (Lipinski definition) is 0. The van der Waals surface area contributed by atoms with Gasteiger partial charge in [0.2, 0.25) is 0 Å². The van der Waals surface area contributed by atoms with Gasteiger partial charge in [0.05, 0.1) is 0 Å². The van der Waals surface area contributed by atoms with Gasteiger partial charge in [-0.25, -0.2) is 0 Å². The van der Waals surface area contributed by atoms with Gasteiger partial charge in [-0.15, -0.1) is 0 Å². The minimum atomic E-state index is 0.705. The lowest BCUT2D eigenvalue weighted by molar-refractivity contribution is 0.183.